The van der Waals surface area contributed by atoms with Gasteiger partial charge in [-0.05, 0) is 62.9 Å². The number of carbonyl (C=O) groups is 2. The van der Waals surface area contributed by atoms with Gasteiger partial charge in [0.2, 0.25) is 5.91 Å². The minimum Gasteiger partial charge on any atom is -0.465 e. The highest BCUT2D eigenvalue weighted by Crippen LogP contribution is 2.50. The first-order chi connectivity index (χ1) is 12.3. The predicted molar refractivity (Wildman–Crippen MR) is 98.3 cm³/mol. The molecule has 26 heavy (non-hydrogen) atoms. The highest BCUT2D eigenvalue weighted by molar-refractivity contribution is 6.09. The quantitative estimate of drug-likeness (QED) is 0.742. The SMILES string of the molecule is COC(=O)c1ccc2c(c1)C[C@@]1(C2)C(=O)N(C(C)(C)C)c2ncccc21. The Labute approximate surface area is 153 Å². The van der Waals surface area contributed by atoms with Crippen LogP contribution < -0.4 is 4.90 Å². The van der Waals surface area contributed by atoms with Gasteiger partial charge in [-0.15, -0.1) is 0 Å². The van der Waals surface area contributed by atoms with Crippen molar-refractivity contribution in [2.75, 3.05) is 12.0 Å². The van der Waals surface area contributed by atoms with Crippen molar-refractivity contribution >= 4 is 17.7 Å². The summed E-state index contributed by atoms with van der Waals surface area (Å²) in [5, 5.41) is 0. The van der Waals surface area contributed by atoms with E-state index in [1.54, 1.807) is 12.3 Å². The van der Waals surface area contributed by atoms with E-state index in [4.69, 9.17) is 4.74 Å². The molecular weight excluding hydrogens is 328 g/mol. The van der Waals surface area contributed by atoms with Crippen molar-refractivity contribution in [1.82, 2.24) is 4.98 Å². The van der Waals surface area contributed by atoms with Crippen LogP contribution in [0.25, 0.3) is 0 Å². The zero-order valence-corrected chi connectivity index (χ0v) is 15.5. The Balaban J connectivity index is 1.83. The number of pyridine rings is 1. The Morgan fingerprint density at radius 2 is 1.92 bits per heavy atom. The summed E-state index contributed by atoms with van der Waals surface area (Å²) in [4.78, 5) is 31.8. The van der Waals surface area contributed by atoms with Crippen LogP contribution in [0.1, 0.15) is 47.8 Å². The number of methoxy groups -OCH3 is 1. The minimum atomic E-state index is -0.631. The maximum Gasteiger partial charge on any atom is 0.337 e. The first-order valence-electron chi connectivity index (χ1n) is 8.78. The molecule has 0 N–H and O–H groups in total. The summed E-state index contributed by atoms with van der Waals surface area (Å²) in [7, 11) is 1.38. The molecule has 0 radical (unpaired) electrons. The summed E-state index contributed by atoms with van der Waals surface area (Å²) in [6, 6.07) is 9.48. The van der Waals surface area contributed by atoms with E-state index in [0.717, 1.165) is 22.5 Å². The number of nitrogens with zero attached hydrogens (tertiary/aromatic N) is 2. The van der Waals surface area contributed by atoms with Gasteiger partial charge in [-0.1, -0.05) is 12.1 Å². The smallest absolute Gasteiger partial charge is 0.337 e. The molecule has 5 nitrogen and oxygen atoms in total. The highest BCUT2D eigenvalue weighted by Gasteiger charge is 2.56. The maximum absolute atomic E-state index is 13.6. The van der Waals surface area contributed by atoms with E-state index < -0.39 is 5.41 Å². The molecule has 1 spiro atoms. The summed E-state index contributed by atoms with van der Waals surface area (Å²) in [5.41, 5.74) is 2.66. The van der Waals surface area contributed by atoms with Gasteiger partial charge >= 0.3 is 5.97 Å². The lowest BCUT2D eigenvalue weighted by atomic mass is 9.79. The average Bonchev–Trinajstić information content (AvgIpc) is 3.10. The second kappa shape index (κ2) is 5.40. The minimum absolute atomic E-state index is 0.0921. The van der Waals surface area contributed by atoms with Crippen molar-refractivity contribution in [3.8, 4) is 0 Å². The lowest BCUT2D eigenvalue weighted by Gasteiger charge is -2.33. The third kappa shape index (κ3) is 2.19. The number of carbonyl (C=O) groups excluding carboxylic acids is 2. The summed E-state index contributed by atoms with van der Waals surface area (Å²) < 4.78 is 4.83. The molecule has 5 heteroatoms. The molecule has 134 valence electrons. The van der Waals surface area contributed by atoms with E-state index >= 15 is 0 Å². The Morgan fingerprint density at radius 3 is 2.62 bits per heavy atom. The van der Waals surface area contributed by atoms with Gasteiger partial charge in [0.15, 0.2) is 0 Å². The van der Waals surface area contributed by atoms with E-state index in [0.29, 0.717) is 18.4 Å². The molecule has 2 heterocycles. The van der Waals surface area contributed by atoms with Crippen LogP contribution in [0.2, 0.25) is 0 Å². The van der Waals surface area contributed by atoms with Crippen molar-refractivity contribution in [3.63, 3.8) is 0 Å². The number of hydrogen-bond donors (Lipinski definition) is 0. The van der Waals surface area contributed by atoms with E-state index in [9.17, 15) is 9.59 Å². The Hall–Kier alpha value is -2.69. The second-order valence-corrected chi connectivity index (χ2v) is 8.10. The molecule has 1 atom stereocenters. The molecule has 1 aliphatic heterocycles. The molecule has 0 saturated carbocycles. The molecule has 1 aromatic heterocycles. The molecule has 1 aromatic carbocycles. The van der Waals surface area contributed by atoms with Crippen molar-refractivity contribution in [2.45, 2.75) is 44.6 Å². The lowest BCUT2D eigenvalue weighted by molar-refractivity contribution is -0.123. The Kier molecular flexibility index (Phi) is 3.48. The van der Waals surface area contributed by atoms with Gasteiger partial charge in [-0.2, -0.15) is 0 Å². The third-order valence-electron chi connectivity index (χ3n) is 5.41. The topological polar surface area (TPSA) is 59.5 Å². The Bertz CT molecular complexity index is 929. The van der Waals surface area contributed by atoms with E-state index in [-0.39, 0.29) is 17.4 Å². The van der Waals surface area contributed by atoms with Gasteiger partial charge in [0, 0.05) is 17.3 Å². The van der Waals surface area contributed by atoms with Crippen LogP contribution in [0.3, 0.4) is 0 Å². The van der Waals surface area contributed by atoms with Crippen molar-refractivity contribution in [2.24, 2.45) is 0 Å². The van der Waals surface area contributed by atoms with Gasteiger partial charge in [0.1, 0.15) is 5.82 Å². The van der Waals surface area contributed by atoms with E-state index in [2.05, 4.69) is 4.98 Å². The lowest BCUT2D eigenvalue weighted by Crippen LogP contribution is -2.49. The summed E-state index contributed by atoms with van der Waals surface area (Å²) in [6.45, 7) is 6.08. The predicted octanol–water partition coefficient (Wildman–Crippen LogP) is 3.05. The van der Waals surface area contributed by atoms with Crippen molar-refractivity contribution in [3.05, 3.63) is 58.8 Å². The zero-order valence-electron chi connectivity index (χ0n) is 15.5. The summed E-state index contributed by atoms with van der Waals surface area (Å²) in [6.07, 6.45) is 2.95. The van der Waals surface area contributed by atoms with Gasteiger partial charge in [-0.25, -0.2) is 9.78 Å². The normalized spacial score (nSPS) is 21.1. The molecule has 0 bridgehead atoms. The van der Waals surface area contributed by atoms with E-state index in [1.807, 2.05) is 49.9 Å². The maximum atomic E-state index is 13.6. The molecule has 1 amide bonds. The van der Waals surface area contributed by atoms with Gasteiger partial charge < -0.3 is 4.74 Å². The first kappa shape index (κ1) is 16.8. The number of esters is 1. The zero-order chi connectivity index (χ0) is 18.7. The molecule has 4 rings (SSSR count). The molecule has 0 unspecified atom stereocenters. The van der Waals surface area contributed by atoms with Crippen molar-refractivity contribution < 1.29 is 14.3 Å². The monoisotopic (exact) mass is 350 g/mol. The fourth-order valence-electron chi connectivity index (χ4n) is 4.26. The third-order valence-corrected chi connectivity index (χ3v) is 5.41. The number of benzene rings is 1. The highest BCUT2D eigenvalue weighted by atomic mass is 16.5. The van der Waals surface area contributed by atoms with Crippen molar-refractivity contribution in [1.29, 1.82) is 0 Å². The van der Waals surface area contributed by atoms with Crippen LogP contribution in [0.5, 0.6) is 0 Å². The number of amides is 1. The van der Waals surface area contributed by atoms with Gasteiger partial charge in [0.25, 0.3) is 0 Å². The van der Waals surface area contributed by atoms with Crippen LogP contribution in [0, 0.1) is 0 Å². The van der Waals surface area contributed by atoms with Crippen LogP contribution in [0.15, 0.2) is 36.5 Å². The van der Waals surface area contributed by atoms with Gasteiger partial charge in [0.05, 0.1) is 18.1 Å². The van der Waals surface area contributed by atoms with Crippen LogP contribution >= 0.6 is 0 Å². The fraction of sp³-hybridized carbons (Fsp3) is 0.381. The van der Waals surface area contributed by atoms with Gasteiger partial charge in [-0.3, -0.25) is 9.69 Å². The number of ether oxygens (including phenoxy) is 1. The standard InChI is InChI=1S/C21H22N2O3/c1-20(2,3)23-17-16(6-5-9-22-17)21(19(23)25)11-14-8-7-13(18(24)26-4)10-15(14)12-21/h5-10H,11-12H2,1-4H3/t21-/m1/s1. The molecule has 2 aliphatic rings. The molecule has 0 fully saturated rings. The average molecular weight is 350 g/mol. The Morgan fingerprint density at radius 1 is 1.19 bits per heavy atom. The number of rotatable bonds is 1. The molecule has 1 aliphatic carbocycles. The largest absolute Gasteiger partial charge is 0.465 e. The number of fused-ring (bicyclic) bond motifs is 3. The van der Waals surface area contributed by atoms with E-state index in [1.165, 1.54) is 7.11 Å². The summed E-state index contributed by atoms with van der Waals surface area (Å²) >= 11 is 0. The fourth-order valence-corrected chi connectivity index (χ4v) is 4.26. The number of anilines is 1. The molecule has 0 saturated heterocycles. The summed E-state index contributed by atoms with van der Waals surface area (Å²) in [5.74, 6) is 0.491. The molecule has 2 aromatic rings. The van der Waals surface area contributed by atoms with Crippen LogP contribution in [0.4, 0.5) is 5.82 Å². The number of aromatic nitrogens is 1. The number of hydrogen-bond acceptors (Lipinski definition) is 4. The first-order valence-corrected chi connectivity index (χ1v) is 8.78. The van der Waals surface area contributed by atoms with Crippen LogP contribution in [-0.4, -0.2) is 29.5 Å². The second-order valence-electron chi connectivity index (χ2n) is 8.10. The van der Waals surface area contributed by atoms with Crippen LogP contribution in [-0.2, 0) is 27.8 Å². The molecular formula is C21H22N2O3.